The SMILES string of the molecule is Nc1ccc(-c2ccc(-c3cccs3)cc2)s1. The molecule has 2 heterocycles. The molecule has 1 nitrogen and oxygen atoms in total. The Morgan fingerprint density at radius 2 is 1.47 bits per heavy atom. The van der Waals surface area contributed by atoms with Crippen molar-refractivity contribution in [2.45, 2.75) is 0 Å². The maximum Gasteiger partial charge on any atom is 0.0862 e. The van der Waals surface area contributed by atoms with Gasteiger partial charge in [0.05, 0.1) is 5.00 Å². The number of anilines is 1. The van der Waals surface area contributed by atoms with Crippen molar-refractivity contribution in [1.82, 2.24) is 0 Å². The molecule has 0 saturated carbocycles. The molecular weight excluding hydrogens is 246 g/mol. The summed E-state index contributed by atoms with van der Waals surface area (Å²) in [4.78, 5) is 2.53. The van der Waals surface area contributed by atoms with Crippen LogP contribution >= 0.6 is 22.7 Å². The fourth-order valence-corrected chi connectivity index (χ4v) is 3.26. The Hall–Kier alpha value is -1.58. The zero-order valence-corrected chi connectivity index (χ0v) is 10.7. The van der Waals surface area contributed by atoms with E-state index in [-0.39, 0.29) is 0 Å². The van der Waals surface area contributed by atoms with Gasteiger partial charge in [0.2, 0.25) is 0 Å². The zero-order chi connectivity index (χ0) is 11.7. The fourth-order valence-electron chi connectivity index (χ4n) is 1.75. The Balaban J connectivity index is 1.95. The van der Waals surface area contributed by atoms with Crippen LogP contribution in [0.25, 0.3) is 20.9 Å². The first-order valence-electron chi connectivity index (χ1n) is 5.32. The van der Waals surface area contributed by atoms with Crippen LogP contribution in [-0.4, -0.2) is 0 Å². The summed E-state index contributed by atoms with van der Waals surface area (Å²) in [6, 6.07) is 16.9. The van der Waals surface area contributed by atoms with Gasteiger partial charge in [0.25, 0.3) is 0 Å². The third-order valence-corrected chi connectivity index (χ3v) is 4.48. The van der Waals surface area contributed by atoms with E-state index in [2.05, 4.69) is 47.8 Å². The van der Waals surface area contributed by atoms with Gasteiger partial charge in [-0.2, -0.15) is 0 Å². The Labute approximate surface area is 108 Å². The molecular formula is C14H11NS2. The summed E-state index contributed by atoms with van der Waals surface area (Å²) in [6.07, 6.45) is 0. The number of nitrogens with two attached hydrogens (primary N) is 1. The predicted molar refractivity (Wildman–Crippen MR) is 77.5 cm³/mol. The van der Waals surface area contributed by atoms with E-state index in [0.717, 1.165) is 5.00 Å². The number of rotatable bonds is 2. The van der Waals surface area contributed by atoms with Gasteiger partial charge in [0.1, 0.15) is 0 Å². The molecule has 0 spiro atoms. The minimum Gasteiger partial charge on any atom is -0.391 e. The molecule has 3 rings (SSSR count). The average molecular weight is 257 g/mol. The molecule has 1 aromatic carbocycles. The summed E-state index contributed by atoms with van der Waals surface area (Å²) < 4.78 is 0. The van der Waals surface area contributed by atoms with E-state index in [1.165, 1.54) is 20.9 Å². The molecule has 0 aliphatic rings. The molecule has 17 heavy (non-hydrogen) atoms. The Kier molecular flexibility index (Phi) is 2.71. The largest absolute Gasteiger partial charge is 0.391 e. The number of thiophene rings is 2. The quantitative estimate of drug-likeness (QED) is 0.706. The second-order valence-electron chi connectivity index (χ2n) is 3.76. The van der Waals surface area contributed by atoms with E-state index in [1.54, 1.807) is 22.7 Å². The standard InChI is InChI=1S/C14H11NS2/c15-14-8-7-13(17-14)11-5-3-10(4-6-11)12-2-1-9-16-12/h1-9H,15H2. The van der Waals surface area contributed by atoms with Crippen LogP contribution in [0.4, 0.5) is 5.00 Å². The molecule has 0 aliphatic carbocycles. The van der Waals surface area contributed by atoms with Gasteiger partial charge in [-0.3, -0.25) is 0 Å². The molecule has 84 valence electrons. The van der Waals surface area contributed by atoms with Crippen LogP contribution in [0.2, 0.25) is 0 Å². The van der Waals surface area contributed by atoms with Crippen molar-refractivity contribution in [3.8, 4) is 20.9 Å². The van der Waals surface area contributed by atoms with Crippen molar-refractivity contribution < 1.29 is 0 Å². The van der Waals surface area contributed by atoms with Gasteiger partial charge in [-0.25, -0.2) is 0 Å². The number of hydrogen-bond acceptors (Lipinski definition) is 3. The summed E-state index contributed by atoms with van der Waals surface area (Å²) in [5, 5.41) is 2.96. The van der Waals surface area contributed by atoms with Crippen LogP contribution in [0.3, 0.4) is 0 Å². The van der Waals surface area contributed by atoms with Gasteiger partial charge in [0.15, 0.2) is 0 Å². The van der Waals surface area contributed by atoms with Gasteiger partial charge in [0, 0.05) is 9.75 Å². The van der Waals surface area contributed by atoms with Crippen molar-refractivity contribution in [2.24, 2.45) is 0 Å². The summed E-state index contributed by atoms with van der Waals surface area (Å²) in [6.45, 7) is 0. The van der Waals surface area contributed by atoms with E-state index in [0.29, 0.717) is 0 Å². The average Bonchev–Trinajstić information content (AvgIpc) is 3.00. The lowest BCUT2D eigenvalue weighted by atomic mass is 10.1. The molecule has 0 radical (unpaired) electrons. The van der Waals surface area contributed by atoms with E-state index >= 15 is 0 Å². The Bertz CT molecular complexity index is 606. The van der Waals surface area contributed by atoms with Gasteiger partial charge in [-0.05, 0) is 34.7 Å². The number of benzene rings is 1. The van der Waals surface area contributed by atoms with Crippen LogP contribution < -0.4 is 5.73 Å². The van der Waals surface area contributed by atoms with E-state index in [4.69, 9.17) is 5.73 Å². The molecule has 0 saturated heterocycles. The van der Waals surface area contributed by atoms with Crippen molar-refractivity contribution in [1.29, 1.82) is 0 Å². The van der Waals surface area contributed by atoms with E-state index in [9.17, 15) is 0 Å². The molecule has 3 heteroatoms. The summed E-state index contributed by atoms with van der Waals surface area (Å²) in [5.74, 6) is 0. The summed E-state index contributed by atoms with van der Waals surface area (Å²) >= 11 is 3.39. The highest BCUT2D eigenvalue weighted by Gasteiger charge is 2.02. The lowest BCUT2D eigenvalue weighted by Crippen LogP contribution is -1.75. The third-order valence-electron chi connectivity index (χ3n) is 2.60. The monoisotopic (exact) mass is 257 g/mol. The number of nitrogen functional groups attached to an aromatic ring is 1. The smallest absolute Gasteiger partial charge is 0.0862 e. The van der Waals surface area contributed by atoms with Crippen molar-refractivity contribution in [2.75, 3.05) is 5.73 Å². The summed E-state index contributed by atoms with van der Waals surface area (Å²) in [5.41, 5.74) is 8.24. The molecule has 0 amide bonds. The van der Waals surface area contributed by atoms with Crippen molar-refractivity contribution in [3.05, 3.63) is 53.9 Å². The Morgan fingerprint density at radius 3 is 2.00 bits per heavy atom. The van der Waals surface area contributed by atoms with E-state index < -0.39 is 0 Å². The van der Waals surface area contributed by atoms with Crippen LogP contribution in [0, 0.1) is 0 Å². The minimum absolute atomic E-state index is 0.863. The van der Waals surface area contributed by atoms with Gasteiger partial charge >= 0.3 is 0 Å². The third kappa shape index (κ3) is 2.12. The highest BCUT2D eigenvalue weighted by Crippen LogP contribution is 2.32. The van der Waals surface area contributed by atoms with Gasteiger partial charge in [-0.1, -0.05) is 30.3 Å². The van der Waals surface area contributed by atoms with Crippen LogP contribution in [0.5, 0.6) is 0 Å². The van der Waals surface area contributed by atoms with Gasteiger partial charge in [-0.15, -0.1) is 22.7 Å². The minimum atomic E-state index is 0.863. The molecule has 0 atom stereocenters. The molecule has 2 aromatic heterocycles. The fraction of sp³-hybridized carbons (Fsp3) is 0. The Morgan fingerprint density at radius 1 is 0.765 bits per heavy atom. The highest BCUT2D eigenvalue weighted by molar-refractivity contribution is 7.19. The number of hydrogen-bond donors (Lipinski definition) is 1. The van der Waals surface area contributed by atoms with Crippen LogP contribution in [0.15, 0.2) is 53.9 Å². The predicted octanol–water partition coefficient (Wildman–Crippen LogP) is 4.73. The molecule has 3 aromatic rings. The lowest BCUT2D eigenvalue weighted by molar-refractivity contribution is 1.69. The van der Waals surface area contributed by atoms with Crippen LogP contribution in [-0.2, 0) is 0 Å². The maximum absolute atomic E-state index is 5.74. The molecule has 0 unspecified atom stereocenters. The lowest BCUT2D eigenvalue weighted by Gasteiger charge is -2.00. The first kappa shape index (κ1) is 10.6. The topological polar surface area (TPSA) is 26.0 Å². The van der Waals surface area contributed by atoms with Gasteiger partial charge < -0.3 is 5.73 Å². The second-order valence-corrected chi connectivity index (χ2v) is 5.82. The van der Waals surface area contributed by atoms with Crippen molar-refractivity contribution >= 4 is 27.7 Å². The molecule has 0 bridgehead atoms. The zero-order valence-electron chi connectivity index (χ0n) is 9.09. The first-order valence-corrected chi connectivity index (χ1v) is 7.02. The molecule has 0 fully saturated rings. The van der Waals surface area contributed by atoms with E-state index in [1.807, 2.05) is 6.07 Å². The molecule has 0 aliphatic heterocycles. The second kappa shape index (κ2) is 4.35. The summed E-state index contributed by atoms with van der Waals surface area (Å²) in [7, 11) is 0. The van der Waals surface area contributed by atoms with Crippen molar-refractivity contribution in [3.63, 3.8) is 0 Å². The maximum atomic E-state index is 5.74. The first-order chi connectivity index (χ1) is 8.33. The van der Waals surface area contributed by atoms with Crippen LogP contribution in [0.1, 0.15) is 0 Å². The normalized spacial score (nSPS) is 10.6. The highest BCUT2D eigenvalue weighted by atomic mass is 32.1. The molecule has 2 N–H and O–H groups in total.